The van der Waals surface area contributed by atoms with Gasteiger partial charge in [-0.3, -0.25) is 14.6 Å². The molecule has 0 unspecified atom stereocenters. The molecule has 1 aromatic heterocycles. The van der Waals surface area contributed by atoms with Crippen LogP contribution in [0.4, 0.5) is 0 Å². The van der Waals surface area contributed by atoms with E-state index in [1.165, 1.54) is 24.3 Å². The van der Waals surface area contributed by atoms with E-state index in [-0.39, 0.29) is 29.4 Å². The number of aromatic nitrogens is 1. The lowest BCUT2D eigenvalue weighted by atomic mass is 10.1. The molecule has 0 spiro atoms. The second-order valence-corrected chi connectivity index (χ2v) is 9.60. The summed E-state index contributed by atoms with van der Waals surface area (Å²) < 4.78 is 33.0. The second kappa shape index (κ2) is 9.76. The highest BCUT2D eigenvalue weighted by Crippen LogP contribution is 2.16. The van der Waals surface area contributed by atoms with Crippen LogP contribution in [0.5, 0.6) is 0 Å². The van der Waals surface area contributed by atoms with Gasteiger partial charge in [0, 0.05) is 62.9 Å². The van der Waals surface area contributed by atoms with Crippen LogP contribution in [-0.2, 0) is 14.8 Å². The summed E-state index contributed by atoms with van der Waals surface area (Å²) in [7, 11) is -3.66. The van der Waals surface area contributed by atoms with Crippen molar-refractivity contribution in [2.75, 3.05) is 39.3 Å². The lowest BCUT2D eigenvalue weighted by molar-refractivity contribution is 0.0535. The third kappa shape index (κ3) is 5.14. The fourth-order valence-corrected chi connectivity index (χ4v) is 4.91. The van der Waals surface area contributed by atoms with Crippen molar-refractivity contribution in [3.63, 3.8) is 0 Å². The van der Waals surface area contributed by atoms with Crippen LogP contribution in [0.3, 0.4) is 0 Å². The number of hydrogen-bond donors (Lipinski definition) is 1. The molecule has 0 aliphatic carbocycles. The molecule has 2 amide bonds. The van der Waals surface area contributed by atoms with E-state index in [1.807, 2.05) is 0 Å². The molecule has 1 aromatic carbocycles. The van der Waals surface area contributed by atoms with Crippen molar-refractivity contribution in [1.82, 2.24) is 19.5 Å². The maximum Gasteiger partial charge on any atom is 0.254 e. The molecule has 1 atom stereocenters. The molecule has 2 saturated heterocycles. The van der Waals surface area contributed by atoms with Gasteiger partial charge in [-0.1, -0.05) is 0 Å². The van der Waals surface area contributed by atoms with Crippen LogP contribution >= 0.6 is 0 Å². The maximum atomic E-state index is 12.8. The standard InChI is InChI=1S/C22H26N4O5S/c27-21(25-11-13-26(14-12-25)22(28)18-7-9-23-10-8-18)17-3-5-20(6-4-17)32(29,30)24-16-19-2-1-15-31-19/h3-10,19,24H,1-2,11-16H2/t19-/m1/s1. The molecule has 0 bridgehead atoms. The average Bonchev–Trinajstić information content (AvgIpc) is 3.37. The molecule has 0 radical (unpaired) electrons. The number of nitrogens with one attached hydrogen (secondary N) is 1. The minimum atomic E-state index is -3.66. The number of pyridine rings is 1. The highest BCUT2D eigenvalue weighted by molar-refractivity contribution is 7.89. The number of rotatable bonds is 6. The predicted octanol–water partition coefficient (Wildman–Crippen LogP) is 1.14. The molecule has 1 N–H and O–H groups in total. The number of sulfonamides is 1. The molecule has 9 nitrogen and oxygen atoms in total. The summed E-state index contributed by atoms with van der Waals surface area (Å²) in [6.45, 7) is 2.61. The van der Waals surface area contributed by atoms with E-state index in [2.05, 4.69) is 9.71 Å². The number of benzene rings is 1. The van der Waals surface area contributed by atoms with Crippen LogP contribution in [0.1, 0.15) is 33.6 Å². The Labute approximate surface area is 187 Å². The number of amides is 2. The Morgan fingerprint density at radius 1 is 0.938 bits per heavy atom. The van der Waals surface area contributed by atoms with Gasteiger partial charge in [0.2, 0.25) is 10.0 Å². The van der Waals surface area contributed by atoms with Gasteiger partial charge in [0.15, 0.2) is 0 Å². The van der Waals surface area contributed by atoms with Gasteiger partial charge in [-0.25, -0.2) is 13.1 Å². The summed E-state index contributed by atoms with van der Waals surface area (Å²) in [5.41, 5.74) is 0.988. The van der Waals surface area contributed by atoms with Gasteiger partial charge in [-0.15, -0.1) is 0 Å². The van der Waals surface area contributed by atoms with Crippen LogP contribution in [0.25, 0.3) is 0 Å². The Morgan fingerprint density at radius 2 is 1.50 bits per heavy atom. The minimum Gasteiger partial charge on any atom is -0.377 e. The summed E-state index contributed by atoms with van der Waals surface area (Å²) in [4.78, 5) is 32.8. The number of nitrogens with zero attached hydrogens (tertiary/aromatic N) is 3. The predicted molar refractivity (Wildman–Crippen MR) is 117 cm³/mol. The van der Waals surface area contributed by atoms with E-state index < -0.39 is 10.0 Å². The van der Waals surface area contributed by atoms with Crippen LogP contribution < -0.4 is 4.72 Å². The van der Waals surface area contributed by atoms with Gasteiger partial charge in [0.25, 0.3) is 11.8 Å². The third-order valence-electron chi connectivity index (χ3n) is 5.72. The minimum absolute atomic E-state index is 0.0791. The summed E-state index contributed by atoms with van der Waals surface area (Å²) in [5, 5.41) is 0. The topological polar surface area (TPSA) is 109 Å². The van der Waals surface area contributed by atoms with E-state index >= 15 is 0 Å². The Hall–Kier alpha value is -2.82. The molecular formula is C22H26N4O5S. The lowest BCUT2D eigenvalue weighted by Gasteiger charge is -2.34. The second-order valence-electron chi connectivity index (χ2n) is 7.83. The van der Waals surface area contributed by atoms with Crippen LogP contribution in [-0.4, -0.2) is 80.5 Å². The van der Waals surface area contributed by atoms with Gasteiger partial charge in [0.05, 0.1) is 11.0 Å². The van der Waals surface area contributed by atoms with Crippen LogP contribution in [0, 0.1) is 0 Å². The highest BCUT2D eigenvalue weighted by atomic mass is 32.2. The van der Waals surface area contributed by atoms with Gasteiger partial charge in [0.1, 0.15) is 0 Å². The van der Waals surface area contributed by atoms with E-state index in [4.69, 9.17) is 4.74 Å². The summed E-state index contributed by atoms with van der Waals surface area (Å²) >= 11 is 0. The molecule has 2 aliphatic heterocycles. The smallest absolute Gasteiger partial charge is 0.254 e. The first-order chi connectivity index (χ1) is 15.4. The first-order valence-electron chi connectivity index (χ1n) is 10.6. The maximum absolute atomic E-state index is 12.8. The average molecular weight is 459 g/mol. The van der Waals surface area contributed by atoms with Crippen molar-refractivity contribution in [2.24, 2.45) is 0 Å². The van der Waals surface area contributed by atoms with Crippen molar-refractivity contribution >= 4 is 21.8 Å². The third-order valence-corrected chi connectivity index (χ3v) is 7.16. The van der Waals surface area contributed by atoms with Gasteiger partial charge < -0.3 is 14.5 Å². The molecule has 4 rings (SSSR count). The summed E-state index contributed by atoms with van der Waals surface area (Å²) in [6.07, 6.45) is 4.85. The molecule has 2 fully saturated rings. The Morgan fingerprint density at radius 3 is 2.03 bits per heavy atom. The zero-order valence-corrected chi connectivity index (χ0v) is 18.5. The molecule has 0 saturated carbocycles. The summed E-state index contributed by atoms with van der Waals surface area (Å²) in [6, 6.07) is 9.27. The van der Waals surface area contributed by atoms with Crippen molar-refractivity contribution in [1.29, 1.82) is 0 Å². The number of carbonyl (C=O) groups is 2. The quantitative estimate of drug-likeness (QED) is 0.695. The zero-order valence-electron chi connectivity index (χ0n) is 17.6. The van der Waals surface area contributed by atoms with Gasteiger partial charge in [-0.2, -0.15) is 0 Å². The molecular weight excluding hydrogens is 432 g/mol. The van der Waals surface area contributed by atoms with E-state index in [9.17, 15) is 18.0 Å². The van der Waals surface area contributed by atoms with Crippen LogP contribution in [0.15, 0.2) is 53.7 Å². The Bertz CT molecular complexity index is 1050. The first-order valence-corrected chi connectivity index (χ1v) is 12.1. The Kier molecular flexibility index (Phi) is 6.83. The van der Waals surface area contributed by atoms with Crippen LogP contribution in [0.2, 0.25) is 0 Å². The Balaban J connectivity index is 1.32. The molecule has 170 valence electrons. The normalized spacial score (nSPS) is 19.2. The van der Waals surface area contributed by atoms with Gasteiger partial charge in [-0.05, 0) is 49.2 Å². The SMILES string of the molecule is O=C(c1ccncc1)N1CCN(C(=O)c2ccc(S(=O)(=O)NC[C@H]3CCCO3)cc2)CC1. The van der Waals surface area contributed by atoms with Crippen molar-refractivity contribution < 1.29 is 22.7 Å². The molecule has 32 heavy (non-hydrogen) atoms. The lowest BCUT2D eigenvalue weighted by Crippen LogP contribution is -2.50. The fourth-order valence-electron chi connectivity index (χ4n) is 3.84. The molecule has 10 heteroatoms. The van der Waals surface area contributed by atoms with E-state index in [0.717, 1.165) is 12.8 Å². The zero-order chi connectivity index (χ0) is 22.6. The molecule has 2 aromatic rings. The fraction of sp³-hybridized carbons (Fsp3) is 0.409. The molecule has 3 heterocycles. The monoisotopic (exact) mass is 458 g/mol. The van der Waals surface area contributed by atoms with Crippen molar-refractivity contribution in [2.45, 2.75) is 23.8 Å². The summed E-state index contributed by atoms with van der Waals surface area (Å²) in [5.74, 6) is -0.262. The number of piperazine rings is 1. The number of ether oxygens (including phenoxy) is 1. The highest BCUT2D eigenvalue weighted by Gasteiger charge is 2.26. The van der Waals surface area contributed by atoms with E-state index in [1.54, 1.807) is 34.3 Å². The number of carbonyl (C=O) groups excluding carboxylic acids is 2. The van der Waals surface area contributed by atoms with Crippen molar-refractivity contribution in [3.8, 4) is 0 Å². The largest absolute Gasteiger partial charge is 0.377 e. The first kappa shape index (κ1) is 22.4. The van der Waals surface area contributed by atoms with Crippen molar-refractivity contribution in [3.05, 3.63) is 59.9 Å². The number of hydrogen-bond acceptors (Lipinski definition) is 6. The van der Waals surface area contributed by atoms with Gasteiger partial charge >= 0.3 is 0 Å². The van der Waals surface area contributed by atoms with E-state index in [0.29, 0.717) is 43.9 Å². The molecule has 2 aliphatic rings.